The number of nitrogens with zero attached hydrogens (tertiary/aromatic N) is 1. The van der Waals surface area contributed by atoms with Crippen molar-refractivity contribution in [3.8, 4) is 22.3 Å². The topological polar surface area (TPSA) is 14.1 Å². The van der Waals surface area contributed by atoms with Gasteiger partial charge >= 0.3 is 0 Å². The largest absolute Gasteiger partial charge is 0.657 e. The molecule has 1 heterocycles. The van der Waals surface area contributed by atoms with E-state index in [-0.39, 0.29) is 26.5 Å². The second-order valence-electron chi connectivity index (χ2n) is 13.0. The summed E-state index contributed by atoms with van der Waals surface area (Å²) in [5.41, 5.74) is 11.3. The Labute approximate surface area is 249 Å². The first-order valence-electron chi connectivity index (χ1n) is 14.9. The van der Waals surface area contributed by atoms with Gasteiger partial charge in [0.2, 0.25) is 0 Å². The van der Waals surface area contributed by atoms with E-state index < -0.39 is 0 Å². The molecule has 0 unspecified atom stereocenters. The summed E-state index contributed by atoms with van der Waals surface area (Å²) in [5, 5.41) is 5.11. The van der Waals surface area contributed by atoms with E-state index in [1.807, 2.05) is 0 Å². The van der Waals surface area contributed by atoms with Gasteiger partial charge in [-0.2, -0.15) is 0 Å². The number of hydrogen-bond acceptors (Lipinski definition) is 0. The zero-order valence-electron chi connectivity index (χ0n) is 22.4. The molecule has 0 aliphatic heterocycles. The average molecular weight is 685 g/mol. The van der Waals surface area contributed by atoms with Crippen molar-refractivity contribution in [2.45, 2.75) is 37.5 Å². The molecule has 1 spiro atoms. The summed E-state index contributed by atoms with van der Waals surface area (Å²) in [4.78, 5) is 4.99. The Kier molecular flexibility index (Phi) is 4.83. The van der Waals surface area contributed by atoms with Crippen LogP contribution in [0.1, 0.15) is 43.2 Å². The van der Waals surface area contributed by atoms with Gasteiger partial charge < -0.3 is 4.98 Å². The molecule has 2 heteroatoms. The van der Waals surface area contributed by atoms with Crippen LogP contribution in [0.25, 0.3) is 54.8 Å². The van der Waals surface area contributed by atoms with Crippen LogP contribution in [0.5, 0.6) is 0 Å². The van der Waals surface area contributed by atoms with E-state index in [0.717, 1.165) is 34.7 Å². The normalized spacial score (nSPS) is 27.4. The van der Waals surface area contributed by atoms with Gasteiger partial charge in [-0.1, -0.05) is 84.9 Å². The average Bonchev–Trinajstić information content (AvgIpc) is 3.49. The van der Waals surface area contributed by atoms with E-state index >= 15 is 0 Å². The molecule has 5 aliphatic carbocycles. The second kappa shape index (κ2) is 8.20. The first-order valence-corrected chi connectivity index (χ1v) is 14.9. The quantitative estimate of drug-likeness (QED) is 0.168. The Morgan fingerprint density at radius 2 is 1.23 bits per heavy atom. The number of rotatable bonds is 1. The predicted molar refractivity (Wildman–Crippen MR) is 161 cm³/mol. The second-order valence-corrected chi connectivity index (χ2v) is 13.0. The van der Waals surface area contributed by atoms with Crippen molar-refractivity contribution < 1.29 is 21.1 Å². The Morgan fingerprint density at radius 1 is 0.550 bits per heavy atom. The third kappa shape index (κ3) is 2.87. The van der Waals surface area contributed by atoms with E-state index in [1.54, 1.807) is 11.1 Å². The van der Waals surface area contributed by atoms with Crippen molar-refractivity contribution in [3.05, 3.63) is 108 Å². The fraction of sp³-hybridized carbons (Fsp3) is 0.263. The molecule has 11 rings (SSSR count). The molecule has 4 bridgehead atoms. The van der Waals surface area contributed by atoms with Crippen LogP contribution in [-0.2, 0) is 26.5 Å². The van der Waals surface area contributed by atoms with Crippen molar-refractivity contribution >= 4 is 32.6 Å². The van der Waals surface area contributed by atoms with Crippen molar-refractivity contribution in [2.75, 3.05) is 0 Å². The number of fused-ring (bicyclic) bond motifs is 8. The standard InChI is InChI=1S/C38H30N.W/c1-2-6-29-24(5-1)10-14-36-37(29)32-21-26(11-13-35(32)39-36)25-9-12-34-31(20-25)30-7-3-4-8-33(30)38(34)27-16-22-15-23(18-27)19-28(38)17-22;/h1-14,20-23,27-28H,15-19H2;/q-1;. The van der Waals surface area contributed by atoms with Gasteiger partial charge in [0.25, 0.3) is 0 Å². The number of hydrogen-bond donors (Lipinski definition) is 0. The maximum absolute atomic E-state index is 4.99. The monoisotopic (exact) mass is 684 g/mol. The van der Waals surface area contributed by atoms with Gasteiger partial charge in [0.15, 0.2) is 0 Å². The molecule has 4 saturated carbocycles. The van der Waals surface area contributed by atoms with E-state index in [9.17, 15) is 0 Å². The Balaban J connectivity index is 0.00000230. The maximum Gasteiger partial charge on any atom is 0.0271 e. The van der Waals surface area contributed by atoms with Crippen LogP contribution in [-0.4, -0.2) is 0 Å². The minimum Gasteiger partial charge on any atom is -0.657 e. The minimum absolute atomic E-state index is 0. The molecule has 0 N–H and O–H groups in total. The molecule has 1 nitrogen and oxygen atoms in total. The van der Waals surface area contributed by atoms with Crippen LogP contribution in [0.2, 0.25) is 0 Å². The zero-order valence-corrected chi connectivity index (χ0v) is 25.4. The molecule has 0 amide bonds. The summed E-state index contributed by atoms with van der Waals surface area (Å²) in [6.07, 6.45) is 7.24. The summed E-state index contributed by atoms with van der Waals surface area (Å²) < 4.78 is 0. The van der Waals surface area contributed by atoms with E-state index in [4.69, 9.17) is 4.98 Å². The van der Waals surface area contributed by atoms with Gasteiger partial charge in [-0.05, 0) is 123 Å². The molecule has 1 aromatic heterocycles. The van der Waals surface area contributed by atoms with E-state index in [1.165, 1.54) is 75.9 Å². The van der Waals surface area contributed by atoms with Crippen molar-refractivity contribution in [3.63, 3.8) is 0 Å². The summed E-state index contributed by atoms with van der Waals surface area (Å²) in [6, 6.07) is 36.9. The van der Waals surface area contributed by atoms with Crippen LogP contribution in [0, 0.1) is 23.7 Å². The fourth-order valence-corrected chi connectivity index (χ4v) is 10.1. The predicted octanol–water partition coefficient (Wildman–Crippen LogP) is 9.49. The molecular formula is C38H30NW-. The van der Waals surface area contributed by atoms with Crippen LogP contribution in [0.15, 0.2) is 97.1 Å². The zero-order chi connectivity index (χ0) is 25.3. The molecule has 4 fully saturated rings. The molecule has 5 aromatic carbocycles. The smallest absolute Gasteiger partial charge is 0.0271 e. The SMILES string of the molecule is [W].c1ccc2c(c1)-c1cc(-c3ccc4[n-]c5ccc6ccccc6c5c4c3)ccc1C21C2CC3CC(C2)CC1C3. The van der Waals surface area contributed by atoms with Crippen LogP contribution >= 0.6 is 0 Å². The van der Waals surface area contributed by atoms with E-state index in [2.05, 4.69) is 97.1 Å². The van der Waals surface area contributed by atoms with Crippen LogP contribution in [0.3, 0.4) is 0 Å². The molecule has 0 atom stereocenters. The van der Waals surface area contributed by atoms with Gasteiger partial charge in [-0.3, -0.25) is 0 Å². The first kappa shape index (κ1) is 23.5. The van der Waals surface area contributed by atoms with Crippen molar-refractivity contribution in [1.82, 2.24) is 4.98 Å². The Morgan fingerprint density at radius 3 is 2.08 bits per heavy atom. The van der Waals surface area contributed by atoms with Gasteiger partial charge in [0.1, 0.15) is 0 Å². The van der Waals surface area contributed by atoms with Gasteiger partial charge in [-0.15, -0.1) is 11.0 Å². The summed E-state index contributed by atoms with van der Waals surface area (Å²) in [6.45, 7) is 0. The first-order chi connectivity index (χ1) is 19.3. The summed E-state index contributed by atoms with van der Waals surface area (Å²) in [7, 11) is 0. The Hall–Kier alpha value is -3.15. The van der Waals surface area contributed by atoms with E-state index in [0.29, 0.717) is 0 Å². The molecule has 6 aromatic rings. The summed E-state index contributed by atoms with van der Waals surface area (Å²) >= 11 is 0. The number of benzene rings is 5. The third-order valence-electron chi connectivity index (χ3n) is 11.3. The molecule has 0 radical (unpaired) electrons. The molecular weight excluding hydrogens is 654 g/mol. The minimum atomic E-state index is 0. The molecule has 5 aliphatic rings. The third-order valence-corrected chi connectivity index (χ3v) is 11.3. The van der Waals surface area contributed by atoms with Crippen LogP contribution < -0.4 is 4.98 Å². The van der Waals surface area contributed by atoms with Gasteiger partial charge in [0, 0.05) is 26.5 Å². The maximum atomic E-state index is 4.99. The summed E-state index contributed by atoms with van der Waals surface area (Å²) in [5.74, 6) is 3.58. The number of aromatic nitrogens is 1. The molecule has 0 saturated heterocycles. The molecule has 40 heavy (non-hydrogen) atoms. The van der Waals surface area contributed by atoms with Crippen molar-refractivity contribution in [2.24, 2.45) is 23.7 Å². The fourth-order valence-electron chi connectivity index (χ4n) is 10.1. The Bertz CT molecular complexity index is 1970. The molecule has 194 valence electrons. The van der Waals surface area contributed by atoms with Gasteiger partial charge in [-0.25, -0.2) is 0 Å². The van der Waals surface area contributed by atoms with Crippen LogP contribution in [0.4, 0.5) is 0 Å². The van der Waals surface area contributed by atoms with Gasteiger partial charge in [0.05, 0.1) is 0 Å². The van der Waals surface area contributed by atoms with Crippen molar-refractivity contribution in [1.29, 1.82) is 0 Å².